The van der Waals surface area contributed by atoms with Crippen LogP contribution in [0, 0.1) is 0 Å². The van der Waals surface area contributed by atoms with Gasteiger partial charge in [-0.25, -0.2) is 4.57 Å². The maximum absolute atomic E-state index is 13.0. The summed E-state index contributed by atoms with van der Waals surface area (Å²) in [6, 6.07) is -0.760. The Labute approximate surface area is 461 Å². The fraction of sp³-hybridized carbons (Fsp3) is 0.892. The molecule has 0 fully saturated rings. The maximum atomic E-state index is 13.0. The lowest BCUT2D eigenvalue weighted by molar-refractivity contribution is -0.870. The molecular weight excluding hydrogens is 936 g/mol. The van der Waals surface area contributed by atoms with Gasteiger partial charge >= 0.3 is 7.82 Å². The summed E-state index contributed by atoms with van der Waals surface area (Å²) < 4.78 is 23.8. The van der Waals surface area contributed by atoms with E-state index in [1.54, 1.807) is 0 Å². The monoisotopic (exact) mass is 1060 g/mol. The normalized spacial score (nSPS) is 14.0. The molecule has 3 N–H and O–H groups in total. The van der Waals surface area contributed by atoms with Crippen LogP contribution in [0.4, 0.5) is 0 Å². The van der Waals surface area contributed by atoms with E-state index in [2.05, 4.69) is 55.6 Å². The number of nitrogens with zero attached hydrogens (tertiary/aromatic N) is 1. The third kappa shape index (κ3) is 58.4. The van der Waals surface area contributed by atoms with Gasteiger partial charge in [0.25, 0.3) is 0 Å². The molecule has 0 radical (unpaired) electrons. The molecule has 0 bridgehead atoms. The second-order valence-corrected chi connectivity index (χ2v) is 25.0. The average Bonchev–Trinajstić information content (AvgIpc) is 3.36. The summed E-state index contributed by atoms with van der Waals surface area (Å²) in [6.07, 6.45) is 73.6. The number of hydrogen-bond donors (Lipinski definition) is 3. The number of allylic oxidation sites excluding steroid dienone is 6. The molecule has 0 aromatic heterocycles. The van der Waals surface area contributed by atoms with E-state index in [-0.39, 0.29) is 19.1 Å². The second-order valence-electron chi connectivity index (χ2n) is 23.5. The first-order valence-corrected chi connectivity index (χ1v) is 33.8. The summed E-state index contributed by atoms with van der Waals surface area (Å²) in [4.78, 5) is 23.4. The molecule has 0 aliphatic carbocycles. The number of amides is 1. The summed E-state index contributed by atoms with van der Waals surface area (Å²) in [6.45, 7) is 4.92. The first-order valence-electron chi connectivity index (χ1n) is 32.4. The molecule has 9 heteroatoms. The zero-order valence-corrected chi connectivity index (χ0v) is 51.0. The van der Waals surface area contributed by atoms with Gasteiger partial charge in [-0.15, -0.1) is 0 Å². The molecule has 0 saturated heterocycles. The van der Waals surface area contributed by atoms with Gasteiger partial charge < -0.3 is 19.8 Å². The Balaban J connectivity index is 4.01. The Morgan fingerprint density at radius 1 is 0.459 bits per heavy atom. The quantitative estimate of drug-likeness (QED) is 0.0243. The predicted octanol–water partition coefficient (Wildman–Crippen LogP) is 20.1. The molecule has 0 heterocycles. The number of nitrogens with one attached hydrogen (secondary N) is 1. The highest BCUT2D eigenvalue weighted by molar-refractivity contribution is 7.47. The van der Waals surface area contributed by atoms with Crippen molar-refractivity contribution in [3.05, 3.63) is 36.5 Å². The Bertz CT molecular complexity index is 1300. The number of carbonyl (C=O) groups excluding carboxylic acids is 1. The van der Waals surface area contributed by atoms with E-state index < -0.39 is 20.0 Å². The third-order valence-corrected chi connectivity index (χ3v) is 15.9. The van der Waals surface area contributed by atoms with Crippen molar-refractivity contribution in [2.24, 2.45) is 0 Å². The Hall–Kier alpha value is -1.28. The molecule has 0 aromatic carbocycles. The highest BCUT2D eigenvalue weighted by Crippen LogP contribution is 2.43. The minimum absolute atomic E-state index is 0.0764. The molecule has 0 rings (SSSR count). The molecule has 438 valence electrons. The average molecular weight is 1060 g/mol. The summed E-state index contributed by atoms with van der Waals surface area (Å²) in [5.74, 6) is -0.139. The highest BCUT2D eigenvalue weighted by Gasteiger charge is 2.28. The lowest BCUT2D eigenvalue weighted by atomic mass is 10.0. The van der Waals surface area contributed by atoms with E-state index in [0.717, 1.165) is 51.4 Å². The summed E-state index contributed by atoms with van der Waals surface area (Å²) in [5.41, 5.74) is 0. The SMILES string of the molecule is CCCCCCC/C=C\C/C=C\C/C=C\CCCCCCCCCCCCCCCCCCCCC(=O)NC(COP(=O)(O)OCC[N+](C)(C)C)C(O)CCCCCCCCCCCCCCCCCCCCC. The third-order valence-electron chi connectivity index (χ3n) is 14.9. The van der Waals surface area contributed by atoms with Crippen LogP contribution in [0.1, 0.15) is 322 Å². The molecule has 0 aliphatic rings. The van der Waals surface area contributed by atoms with E-state index in [4.69, 9.17) is 9.05 Å². The van der Waals surface area contributed by atoms with Crippen LogP contribution in [0.2, 0.25) is 0 Å². The minimum Gasteiger partial charge on any atom is -0.391 e. The number of hydrogen-bond acceptors (Lipinski definition) is 5. The molecule has 0 aromatic rings. The largest absolute Gasteiger partial charge is 0.472 e. The van der Waals surface area contributed by atoms with E-state index >= 15 is 0 Å². The van der Waals surface area contributed by atoms with Gasteiger partial charge in [-0.1, -0.05) is 301 Å². The number of likely N-dealkylation sites (N-methyl/N-ethyl adjacent to an activating group) is 1. The molecule has 3 atom stereocenters. The van der Waals surface area contributed by atoms with Crippen LogP contribution in [0.5, 0.6) is 0 Å². The minimum atomic E-state index is -4.32. The van der Waals surface area contributed by atoms with Crippen LogP contribution >= 0.6 is 7.82 Å². The van der Waals surface area contributed by atoms with Gasteiger partial charge in [0.05, 0.1) is 39.9 Å². The number of rotatable bonds is 60. The van der Waals surface area contributed by atoms with Crippen molar-refractivity contribution in [3.8, 4) is 0 Å². The first-order chi connectivity index (χ1) is 36.0. The van der Waals surface area contributed by atoms with Crippen LogP contribution < -0.4 is 5.32 Å². The van der Waals surface area contributed by atoms with Gasteiger partial charge in [0.2, 0.25) is 5.91 Å². The summed E-state index contributed by atoms with van der Waals surface area (Å²) >= 11 is 0. The van der Waals surface area contributed by atoms with Crippen molar-refractivity contribution in [3.63, 3.8) is 0 Å². The standard InChI is InChI=1S/C65H127N2O6P/c1-6-8-10-12-14-16-18-20-22-24-26-27-28-29-30-31-32-33-34-35-36-37-38-39-41-43-45-47-49-51-53-55-57-59-65(69)66-63(62-73-74(70,71)72-61-60-67(3,4)5)64(68)58-56-54-52-50-48-46-44-42-40-25-23-21-19-17-15-13-11-9-7-2/h18,20,24,26,28-29,63-64,68H,6-17,19,21-23,25,27,30-62H2,1-5H3,(H-,66,69,70,71)/p+1/b20-18-,26-24-,29-28-. The van der Waals surface area contributed by atoms with Gasteiger partial charge in [-0.05, 0) is 51.4 Å². The molecule has 8 nitrogen and oxygen atoms in total. The van der Waals surface area contributed by atoms with Gasteiger partial charge in [0, 0.05) is 6.42 Å². The zero-order valence-electron chi connectivity index (χ0n) is 50.1. The molecule has 74 heavy (non-hydrogen) atoms. The second kappa shape index (κ2) is 56.4. The van der Waals surface area contributed by atoms with Gasteiger partial charge in [-0.3, -0.25) is 13.8 Å². The van der Waals surface area contributed by atoms with Crippen LogP contribution in [-0.2, 0) is 18.4 Å². The van der Waals surface area contributed by atoms with E-state index in [1.165, 1.54) is 244 Å². The van der Waals surface area contributed by atoms with E-state index in [0.29, 0.717) is 23.9 Å². The molecule has 1 amide bonds. The van der Waals surface area contributed by atoms with Crippen molar-refractivity contribution in [1.82, 2.24) is 5.32 Å². The molecule has 3 unspecified atom stereocenters. The first kappa shape index (κ1) is 72.7. The summed E-state index contributed by atoms with van der Waals surface area (Å²) in [5, 5.41) is 14.1. The fourth-order valence-corrected chi connectivity index (χ4v) is 10.6. The van der Waals surface area contributed by atoms with E-state index in [1.807, 2.05) is 21.1 Å². The van der Waals surface area contributed by atoms with Crippen molar-refractivity contribution < 1.29 is 32.9 Å². The Kier molecular flexibility index (Phi) is 55.5. The van der Waals surface area contributed by atoms with Gasteiger partial charge in [0.1, 0.15) is 13.2 Å². The van der Waals surface area contributed by atoms with E-state index in [9.17, 15) is 19.4 Å². The van der Waals surface area contributed by atoms with Gasteiger partial charge in [-0.2, -0.15) is 0 Å². The van der Waals surface area contributed by atoms with Crippen molar-refractivity contribution >= 4 is 13.7 Å². The number of unbranched alkanes of at least 4 members (excludes halogenated alkanes) is 41. The smallest absolute Gasteiger partial charge is 0.391 e. The van der Waals surface area contributed by atoms with Crippen molar-refractivity contribution in [1.29, 1.82) is 0 Å². The fourth-order valence-electron chi connectivity index (χ4n) is 9.82. The predicted molar refractivity (Wildman–Crippen MR) is 323 cm³/mol. The number of aliphatic hydroxyl groups excluding tert-OH is 1. The van der Waals surface area contributed by atoms with Crippen LogP contribution in [0.3, 0.4) is 0 Å². The number of phosphoric ester groups is 1. The zero-order chi connectivity index (χ0) is 54.2. The molecule has 0 aliphatic heterocycles. The van der Waals surface area contributed by atoms with Crippen molar-refractivity contribution in [2.45, 2.75) is 334 Å². The Morgan fingerprint density at radius 3 is 1.12 bits per heavy atom. The maximum Gasteiger partial charge on any atom is 0.472 e. The molecular formula is C65H128N2O6P+. The van der Waals surface area contributed by atoms with Crippen LogP contribution in [0.25, 0.3) is 0 Å². The number of aliphatic hydroxyl groups is 1. The van der Waals surface area contributed by atoms with Crippen LogP contribution in [0.15, 0.2) is 36.5 Å². The lowest BCUT2D eigenvalue weighted by Gasteiger charge is -2.26. The summed E-state index contributed by atoms with van der Waals surface area (Å²) in [7, 11) is 1.63. The number of quaternary nitrogens is 1. The number of phosphoric acid groups is 1. The molecule has 0 saturated carbocycles. The highest BCUT2D eigenvalue weighted by atomic mass is 31.2. The molecule has 0 spiro atoms. The Morgan fingerprint density at radius 2 is 0.770 bits per heavy atom. The topological polar surface area (TPSA) is 105 Å². The van der Waals surface area contributed by atoms with Crippen LogP contribution in [-0.4, -0.2) is 73.4 Å². The van der Waals surface area contributed by atoms with Crippen molar-refractivity contribution in [2.75, 3.05) is 40.9 Å². The lowest BCUT2D eigenvalue weighted by Crippen LogP contribution is -2.46. The van der Waals surface area contributed by atoms with Gasteiger partial charge in [0.15, 0.2) is 0 Å². The number of carbonyl (C=O) groups is 1.